The maximum absolute atomic E-state index is 11.8. The zero-order valence-electron chi connectivity index (χ0n) is 10.2. The van der Waals surface area contributed by atoms with Gasteiger partial charge in [-0.25, -0.2) is 0 Å². The number of hydrogen-bond donors (Lipinski definition) is 0. The first kappa shape index (κ1) is 12.8. The average Bonchev–Trinajstić information content (AvgIpc) is 2.37. The van der Waals surface area contributed by atoms with Crippen molar-refractivity contribution in [2.24, 2.45) is 0 Å². The summed E-state index contributed by atoms with van der Waals surface area (Å²) in [5.74, 6) is 0.613. The van der Waals surface area contributed by atoms with Crippen LogP contribution in [-0.2, 0) is 0 Å². The molecule has 2 aromatic rings. The van der Waals surface area contributed by atoms with Crippen molar-refractivity contribution in [3.8, 4) is 16.9 Å². The van der Waals surface area contributed by atoms with Gasteiger partial charge >= 0.3 is 0 Å². The van der Waals surface area contributed by atoms with Gasteiger partial charge in [0.1, 0.15) is 5.75 Å². The Kier molecular flexibility index (Phi) is 3.82. The maximum Gasteiger partial charge on any atom is 0.164 e. The molecule has 2 aromatic carbocycles. The standard InChI is InChI=1S/C15H13BrO2/c1-10(17)15-13(7-4-8-14(15)18-2)11-5-3-6-12(16)9-11/h3-9H,1-2H3. The van der Waals surface area contributed by atoms with E-state index in [1.165, 1.54) is 0 Å². The van der Waals surface area contributed by atoms with Crippen LogP contribution in [0.15, 0.2) is 46.9 Å². The van der Waals surface area contributed by atoms with Crippen LogP contribution in [0, 0.1) is 0 Å². The molecule has 0 aliphatic heterocycles. The summed E-state index contributed by atoms with van der Waals surface area (Å²) < 4.78 is 6.25. The van der Waals surface area contributed by atoms with Crippen LogP contribution in [0.1, 0.15) is 17.3 Å². The molecule has 0 radical (unpaired) electrons. The number of methoxy groups -OCH3 is 1. The van der Waals surface area contributed by atoms with Gasteiger partial charge in [-0.05, 0) is 36.2 Å². The SMILES string of the molecule is COc1cccc(-c2cccc(Br)c2)c1C(C)=O. The molecule has 2 nitrogen and oxygen atoms in total. The van der Waals surface area contributed by atoms with Gasteiger partial charge in [-0.2, -0.15) is 0 Å². The summed E-state index contributed by atoms with van der Waals surface area (Å²) in [5.41, 5.74) is 2.51. The minimum Gasteiger partial charge on any atom is -0.496 e. The minimum atomic E-state index is 0.00225. The van der Waals surface area contributed by atoms with Gasteiger partial charge in [0.25, 0.3) is 0 Å². The lowest BCUT2D eigenvalue weighted by Crippen LogP contribution is -2.00. The van der Waals surface area contributed by atoms with Crippen LogP contribution in [0.4, 0.5) is 0 Å². The summed E-state index contributed by atoms with van der Waals surface area (Å²) in [6, 6.07) is 13.5. The second kappa shape index (κ2) is 5.36. The normalized spacial score (nSPS) is 10.2. The highest BCUT2D eigenvalue weighted by molar-refractivity contribution is 9.10. The third kappa shape index (κ3) is 2.46. The van der Waals surface area contributed by atoms with Crippen molar-refractivity contribution in [2.75, 3.05) is 7.11 Å². The van der Waals surface area contributed by atoms with Crippen LogP contribution < -0.4 is 4.74 Å². The molecule has 0 spiro atoms. The Balaban J connectivity index is 2.67. The van der Waals surface area contributed by atoms with E-state index in [1.807, 2.05) is 36.4 Å². The smallest absolute Gasteiger partial charge is 0.164 e. The molecule has 0 N–H and O–H groups in total. The van der Waals surface area contributed by atoms with Crippen LogP contribution >= 0.6 is 15.9 Å². The number of halogens is 1. The zero-order valence-corrected chi connectivity index (χ0v) is 11.8. The molecule has 0 saturated carbocycles. The van der Waals surface area contributed by atoms with Gasteiger partial charge in [-0.3, -0.25) is 4.79 Å². The van der Waals surface area contributed by atoms with E-state index in [-0.39, 0.29) is 5.78 Å². The van der Waals surface area contributed by atoms with Crippen LogP contribution in [0.2, 0.25) is 0 Å². The fourth-order valence-corrected chi connectivity index (χ4v) is 2.36. The fraction of sp³-hybridized carbons (Fsp3) is 0.133. The summed E-state index contributed by atoms with van der Waals surface area (Å²) in [5, 5.41) is 0. The van der Waals surface area contributed by atoms with E-state index in [2.05, 4.69) is 15.9 Å². The number of carbonyl (C=O) groups is 1. The zero-order chi connectivity index (χ0) is 13.1. The molecule has 3 heteroatoms. The molecule has 18 heavy (non-hydrogen) atoms. The first-order chi connectivity index (χ1) is 8.63. The van der Waals surface area contributed by atoms with Crippen LogP contribution in [-0.4, -0.2) is 12.9 Å². The number of benzene rings is 2. The monoisotopic (exact) mass is 304 g/mol. The van der Waals surface area contributed by atoms with Crippen molar-refractivity contribution in [3.05, 3.63) is 52.5 Å². The molecule has 0 unspecified atom stereocenters. The topological polar surface area (TPSA) is 26.3 Å². The van der Waals surface area contributed by atoms with Crippen molar-refractivity contribution in [2.45, 2.75) is 6.92 Å². The summed E-state index contributed by atoms with van der Waals surface area (Å²) in [6.45, 7) is 1.55. The average molecular weight is 305 g/mol. The molecule has 2 rings (SSSR count). The van der Waals surface area contributed by atoms with E-state index < -0.39 is 0 Å². The van der Waals surface area contributed by atoms with Gasteiger partial charge in [0, 0.05) is 4.47 Å². The Bertz CT molecular complexity index is 591. The van der Waals surface area contributed by atoms with E-state index in [0.29, 0.717) is 11.3 Å². The molecular weight excluding hydrogens is 292 g/mol. The molecule has 0 bridgehead atoms. The molecule has 0 saturated heterocycles. The molecular formula is C15H13BrO2. The van der Waals surface area contributed by atoms with E-state index in [1.54, 1.807) is 20.1 Å². The van der Waals surface area contributed by atoms with Crippen LogP contribution in [0.3, 0.4) is 0 Å². The Morgan fingerprint density at radius 1 is 1.17 bits per heavy atom. The number of carbonyl (C=O) groups excluding carboxylic acids is 1. The lowest BCUT2D eigenvalue weighted by Gasteiger charge is -2.12. The van der Waals surface area contributed by atoms with Gasteiger partial charge in [0.2, 0.25) is 0 Å². The Hall–Kier alpha value is -1.61. The van der Waals surface area contributed by atoms with E-state index in [9.17, 15) is 4.79 Å². The lowest BCUT2D eigenvalue weighted by molar-refractivity contribution is 0.101. The van der Waals surface area contributed by atoms with Crippen molar-refractivity contribution < 1.29 is 9.53 Å². The van der Waals surface area contributed by atoms with Crippen molar-refractivity contribution in [3.63, 3.8) is 0 Å². The highest BCUT2D eigenvalue weighted by atomic mass is 79.9. The highest BCUT2D eigenvalue weighted by Gasteiger charge is 2.14. The molecule has 0 atom stereocenters. The second-order valence-corrected chi connectivity index (χ2v) is 4.87. The lowest BCUT2D eigenvalue weighted by atomic mass is 9.97. The van der Waals surface area contributed by atoms with E-state index >= 15 is 0 Å². The Morgan fingerprint density at radius 2 is 1.89 bits per heavy atom. The quantitative estimate of drug-likeness (QED) is 0.789. The van der Waals surface area contributed by atoms with Gasteiger partial charge in [-0.15, -0.1) is 0 Å². The summed E-state index contributed by atoms with van der Waals surface area (Å²) in [7, 11) is 1.58. The van der Waals surface area contributed by atoms with Gasteiger partial charge in [0.05, 0.1) is 12.7 Å². The summed E-state index contributed by atoms with van der Waals surface area (Å²) in [4.78, 5) is 11.8. The third-order valence-electron chi connectivity index (χ3n) is 2.73. The summed E-state index contributed by atoms with van der Waals surface area (Å²) in [6.07, 6.45) is 0. The van der Waals surface area contributed by atoms with Crippen molar-refractivity contribution in [1.29, 1.82) is 0 Å². The van der Waals surface area contributed by atoms with Gasteiger partial charge in [0.15, 0.2) is 5.78 Å². The predicted octanol–water partition coefficient (Wildman–Crippen LogP) is 4.33. The molecule has 0 aliphatic rings. The second-order valence-electron chi connectivity index (χ2n) is 3.95. The van der Waals surface area contributed by atoms with E-state index in [4.69, 9.17) is 4.74 Å². The van der Waals surface area contributed by atoms with E-state index in [0.717, 1.165) is 15.6 Å². The maximum atomic E-state index is 11.8. The first-order valence-electron chi connectivity index (χ1n) is 5.57. The Labute approximate surface area is 115 Å². The molecule has 0 fully saturated rings. The molecule has 0 aromatic heterocycles. The number of ether oxygens (including phenoxy) is 1. The summed E-state index contributed by atoms with van der Waals surface area (Å²) >= 11 is 3.44. The molecule has 0 amide bonds. The number of rotatable bonds is 3. The fourth-order valence-electron chi connectivity index (χ4n) is 1.96. The van der Waals surface area contributed by atoms with Crippen molar-refractivity contribution in [1.82, 2.24) is 0 Å². The first-order valence-corrected chi connectivity index (χ1v) is 6.36. The predicted molar refractivity (Wildman–Crippen MR) is 76.1 cm³/mol. The van der Waals surface area contributed by atoms with Crippen molar-refractivity contribution >= 4 is 21.7 Å². The molecule has 0 aliphatic carbocycles. The number of hydrogen-bond acceptors (Lipinski definition) is 2. The molecule has 92 valence electrons. The van der Waals surface area contributed by atoms with Crippen LogP contribution in [0.25, 0.3) is 11.1 Å². The molecule has 0 heterocycles. The number of Topliss-reactive ketones (excluding diaryl/α,β-unsaturated/α-hetero) is 1. The third-order valence-corrected chi connectivity index (χ3v) is 3.23. The largest absolute Gasteiger partial charge is 0.496 e. The highest BCUT2D eigenvalue weighted by Crippen LogP contribution is 2.32. The van der Waals surface area contributed by atoms with Gasteiger partial charge < -0.3 is 4.74 Å². The van der Waals surface area contributed by atoms with Gasteiger partial charge in [-0.1, -0.05) is 40.2 Å². The number of ketones is 1. The minimum absolute atomic E-state index is 0.00225. The van der Waals surface area contributed by atoms with Crippen LogP contribution in [0.5, 0.6) is 5.75 Å². The Morgan fingerprint density at radius 3 is 2.50 bits per heavy atom.